The smallest absolute Gasteiger partial charge is 0.326 e. The van der Waals surface area contributed by atoms with Gasteiger partial charge in [-0.1, -0.05) is 24.3 Å². The Bertz CT molecular complexity index is 726. The minimum atomic E-state index is -1.22. The third-order valence-electron chi connectivity index (χ3n) is 3.41. The van der Waals surface area contributed by atoms with Gasteiger partial charge in [-0.25, -0.2) is 13.6 Å². The molecule has 2 aromatic rings. The normalized spacial score (nSPS) is 11.8. The zero-order valence-corrected chi connectivity index (χ0v) is 12.3. The summed E-state index contributed by atoms with van der Waals surface area (Å²) < 4.78 is 26.3. The minimum Gasteiger partial charge on any atom is -0.480 e. The molecule has 2 aromatic carbocycles. The highest BCUT2D eigenvalue weighted by atomic mass is 19.1. The highest BCUT2D eigenvalue weighted by molar-refractivity contribution is 5.96. The molecule has 1 amide bonds. The van der Waals surface area contributed by atoms with Crippen molar-refractivity contribution in [3.05, 3.63) is 70.8 Å². The molecule has 0 unspecified atom stereocenters. The fourth-order valence-corrected chi connectivity index (χ4v) is 2.19. The number of aliphatic carboxylic acids is 1. The van der Waals surface area contributed by atoms with E-state index in [0.717, 1.165) is 23.3 Å². The topological polar surface area (TPSA) is 66.4 Å². The zero-order valence-electron chi connectivity index (χ0n) is 12.3. The van der Waals surface area contributed by atoms with Crippen LogP contribution in [0.15, 0.2) is 42.5 Å². The summed E-state index contributed by atoms with van der Waals surface area (Å²) in [6.45, 7) is 1.83. The molecule has 23 heavy (non-hydrogen) atoms. The first-order valence-electron chi connectivity index (χ1n) is 6.91. The molecule has 0 aromatic heterocycles. The molecule has 2 rings (SSSR count). The van der Waals surface area contributed by atoms with Gasteiger partial charge in [-0.2, -0.15) is 0 Å². The quantitative estimate of drug-likeness (QED) is 0.890. The average molecular weight is 319 g/mol. The van der Waals surface area contributed by atoms with Crippen LogP contribution >= 0.6 is 0 Å². The number of benzene rings is 2. The van der Waals surface area contributed by atoms with Gasteiger partial charge in [0, 0.05) is 18.1 Å². The zero-order chi connectivity index (χ0) is 17.0. The molecular formula is C17H15F2NO3. The Kier molecular flexibility index (Phi) is 5.05. The van der Waals surface area contributed by atoms with E-state index in [1.807, 2.05) is 19.1 Å². The number of halogens is 2. The minimum absolute atomic E-state index is 0.0749. The van der Waals surface area contributed by atoms with Crippen molar-refractivity contribution in [1.82, 2.24) is 5.32 Å². The van der Waals surface area contributed by atoms with Gasteiger partial charge < -0.3 is 10.4 Å². The van der Waals surface area contributed by atoms with Crippen molar-refractivity contribution in [2.24, 2.45) is 0 Å². The summed E-state index contributed by atoms with van der Waals surface area (Å²) in [4.78, 5) is 23.4. The van der Waals surface area contributed by atoms with Crippen molar-refractivity contribution in [3.63, 3.8) is 0 Å². The summed E-state index contributed by atoms with van der Waals surface area (Å²) >= 11 is 0. The highest BCUT2D eigenvalue weighted by Gasteiger charge is 2.22. The van der Waals surface area contributed by atoms with Gasteiger partial charge in [-0.15, -0.1) is 0 Å². The third-order valence-corrected chi connectivity index (χ3v) is 3.41. The molecule has 0 saturated carbocycles. The Morgan fingerprint density at radius 2 is 1.74 bits per heavy atom. The molecule has 0 aliphatic heterocycles. The second kappa shape index (κ2) is 7.00. The van der Waals surface area contributed by atoms with E-state index < -0.39 is 29.6 Å². The van der Waals surface area contributed by atoms with Gasteiger partial charge in [0.05, 0.1) is 0 Å². The SMILES string of the molecule is Cc1ccccc1C[C@@H](NC(=O)c1cc(F)cc(F)c1)C(=O)O. The summed E-state index contributed by atoms with van der Waals surface area (Å²) in [5, 5.41) is 11.6. The molecule has 0 saturated heterocycles. The Morgan fingerprint density at radius 1 is 1.13 bits per heavy atom. The van der Waals surface area contributed by atoms with Crippen molar-refractivity contribution >= 4 is 11.9 Å². The van der Waals surface area contributed by atoms with E-state index in [9.17, 15) is 23.5 Å². The van der Waals surface area contributed by atoms with E-state index in [1.54, 1.807) is 12.1 Å². The maximum Gasteiger partial charge on any atom is 0.326 e. The van der Waals surface area contributed by atoms with Crippen LogP contribution < -0.4 is 5.32 Å². The molecule has 0 fully saturated rings. The number of carboxylic acid groups (broad SMARTS) is 1. The number of hydrogen-bond acceptors (Lipinski definition) is 2. The van der Waals surface area contributed by atoms with Crippen LogP contribution in [-0.2, 0) is 11.2 Å². The predicted octanol–water partition coefficient (Wildman–Crippen LogP) is 2.70. The molecule has 0 radical (unpaired) electrons. The van der Waals surface area contributed by atoms with Crippen LogP contribution in [0, 0.1) is 18.6 Å². The van der Waals surface area contributed by atoms with Crippen LogP contribution in [-0.4, -0.2) is 23.0 Å². The van der Waals surface area contributed by atoms with Gasteiger partial charge in [0.25, 0.3) is 5.91 Å². The van der Waals surface area contributed by atoms with Crippen LogP contribution in [0.4, 0.5) is 8.78 Å². The number of nitrogens with one attached hydrogen (secondary N) is 1. The number of amides is 1. The van der Waals surface area contributed by atoms with E-state index in [2.05, 4.69) is 5.32 Å². The van der Waals surface area contributed by atoms with Crippen LogP contribution in [0.2, 0.25) is 0 Å². The summed E-state index contributed by atoms with van der Waals surface area (Å²) in [5.41, 5.74) is 1.40. The monoisotopic (exact) mass is 319 g/mol. The van der Waals surface area contributed by atoms with E-state index in [-0.39, 0.29) is 12.0 Å². The molecule has 0 bridgehead atoms. The van der Waals surface area contributed by atoms with E-state index in [0.29, 0.717) is 6.07 Å². The summed E-state index contributed by atoms with van der Waals surface area (Å²) in [6, 6.07) is 8.33. The summed E-state index contributed by atoms with van der Waals surface area (Å²) in [6.07, 6.45) is 0.0749. The molecule has 4 nitrogen and oxygen atoms in total. The van der Waals surface area contributed by atoms with Crippen molar-refractivity contribution in [2.75, 3.05) is 0 Å². The van der Waals surface area contributed by atoms with Crippen molar-refractivity contribution in [2.45, 2.75) is 19.4 Å². The highest BCUT2D eigenvalue weighted by Crippen LogP contribution is 2.12. The second-order valence-electron chi connectivity index (χ2n) is 5.15. The van der Waals surface area contributed by atoms with Gasteiger partial charge in [0.2, 0.25) is 0 Å². The Morgan fingerprint density at radius 3 is 2.30 bits per heavy atom. The van der Waals surface area contributed by atoms with Gasteiger partial charge in [-0.05, 0) is 30.2 Å². The van der Waals surface area contributed by atoms with E-state index in [4.69, 9.17) is 0 Å². The molecule has 0 heterocycles. The number of carboxylic acids is 1. The van der Waals surface area contributed by atoms with Crippen molar-refractivity contribution < 1.29 is 23.5 Å². The lowest BCUT2D eigenvalue weighted by atomic mass is 10.0. The van der Waals surface area contributed by atoms with Crippen molar-refractivity contribution in [3.8, 4) is 0 Å². The van der Waals surface area contributed by atoms with Crippen LogP contribution in [0.5, 0.6) is 0 Å². The second-order valence-corrected chi connectivity index (χ2v) is 5.15. The standard InChI is InChI=1S/C17H15F2NO3/c1-10-4-2-3-5-11(10)8-15(17(22)23)20-16(21)12-6-13(18)9-14(19)7-12/h2-7,9,15H,8H2,1H3,(H,20,21)(H,22,23)/t15-/m1/s1. The Hall–Kier alpha value is -2.76. The number of hydrogen-bond donors (Lipinski definition) is 2. The first-order chi connectivity index (χ1) is 10.9. The lowest BCUT2D eigenvalue weighted by Crippen LogP contribution is -2.42. The molecular weight excluding hydrogens is 304 g/mol. The predicted molar refractivity (Wildman–Crippen MR) is 80.1 cm³/mol. The Balaban J connectivity index is 2.18. The number of carbonyl (C=O) groups is 2. The van der Waals surface area contributed by atoms with Gasteiger partial charge in [0.15, 0.2) is 0 Å². The first-order valence-corrected chi connectivity index (χ1v) is 6.91. The Labute approximate surface area is 131 Å². The van der Waals surface area contributed by atoms with Crippen LogP contribution in [0.3, 0.4) is 0 Å². The third kappa shape index (κ3) is 4.35. The van der Waals surface area contributed by atoms with Gasteiger partial charge in [0.1, 0.15) is 17.7 Å². The van der Waals surface area contributed by atoms with E-state index >= 15 is 0 Å². The maximum absolute atomic E-state index is 13.1. The molecule has 120 valence electrons. The number of carbonyl (C=O) groups excluding carboxylic acids is 1. The maximum atomic E-state index is 13.1. The van der Waals surface area contributed by atoms with Crippen molar-refractivity contribution in [1.29, 1.82) is 0 Å². The summed E-state index contributed by atoms with van der Waals surface area (Å²) in [5.74, 6) is -3.87. The molecule has 0 spiro atoms. The van der Waals surface area contributed by atoms with Crippen LogP contribution in [0.1, 0.15) is 21.5 Å². The fraction of sp³-hybridized carbons (Fsp3) is 0.176. The largest absolute Gasteiger partial charge is 0.480 e. The molecule has 2 N–H and O–H groups in total. The van der Waals surface area contributed by atoms with Gasteiger partial charge >= 0.3 is 5.97 Å². The lowest BCUT2D eigenvalue weighted by molar-refractivity contribution is -0.139. The average Bonchev–Trinajstić information content (AvgIpc) is 2.47. The number of rotatable bonds is 5. The molecule has 0 aliphatic rings. The molecule has 0 aliphatic carbocycles. The lowest BCUT2D eigenvalue weighted by Gasteiger charge is -2.16. The van der Waals surface area contributed by atoms with E-state index in [1.165, 1.54) is 0 Å². The van der Waals surface area contributed by atoms with Gasteiger partial charge in [-0.3, -0.25) is 4.79 Å². The molecule has 1 atom stereocenters. The first kappa shape index (κ1) is 16.6. The number of aryl methyl sites for hydroxylation is 1. The molecule has 6 heteroatoms. The van der Waals surface area contributed by atoms with Crippen LogP contribution in [0.25, 0.3) is 0 Å². The fourth-order valence-electron chi connectivity index (χ4n) is 2.19. The summed E-state index contributed by atoms with van der Waals surface area (Å²) in [7, 11) is 0.